The number of aryl methyl sites for hydroxylation is 1. The largest absolute Gasteiger partial charge is 0.351 e. The summed E-state index contributed by atoms with van der Waals surface area (Å²) in [6.07, 6.45) is -2.87. The minimum absolute atomic E-state index is 0.145. The Bertz CT molecular complexity index is 523. The number of hydrogen-bond donors (Lipinski definition) is 1. The average molecular weight is 301 g/mol. The van der Waals surface area contributed by atoms with Crippen LogP contribution in [0.5, 0.6) is 0 Å². The van der Waals surface area contributed by atoms with Crippen LogP contribution in [0.15, 0.2) is 12.1 Å². The molecule has 0 radical (unpaired) electrons. The summed E-state index contributed by atoms with van der Waals surface area (Å²) in [6.45, 7) is 0. The number of amides is 2. The van der Waals surface area contributed by atoms with Gasteiger partial charge in [-0.25, -0.2) is 18.6 Å². The van der Waals surface area contributed by atoms with Crippen molar-refractivity contribution >= 4 is 11.8 Å². The van der Waals surface area contributed by atoms with Crippen LogP contribution < -0.4 is 10.6 Å². The van der Waals surface area contributed by atoms with Crippen molar-refractivity contribution in [2.45, 2.75) is 31.6 Å². The number of anilines is 1. The van der Waals surface area contributed by atoms with Crippen molar-refractivity contribution in [3.8, 4) is 0 Å². The van der Waals surface area contributed by atoms with Gasteiger partial charge in [-0.1, -0.05) is 6.07 Å². The van der Waals surface area contributed by atoms with Crippen LogP contribution in [0.25, 0.3) is 0 Å². The van der Waals surface area contributed by atoms with E-state index in [4.69, 9.17) is 15.2 Å². The molecule has 1 atom stereocenters. The van der Waals surface area contributed by atoms with E-state index in [2.05, 4.69) is 4.98 Å². The number of nitrogens with two attached hydrogens (primary N) is 1. The molecule has 0 fully saturated rings. The van der Waals surface area contributed by atoms with Gasteiger partial charge >= 0.3 is 6.03 Å². The monoisotopic (exact) mass is 301 g/mol. The van der Waals surface area contributed by atoms with Crippen LogP contribution in [0.2, 0.25) is 0 Å². The first-order chi connectivity index (χ1) is 9.99. The molecule has 1 aromatic heterocycles. The van der Waals surface area contributed by atoms with Crippen LogP contribution >= 0.6 is 0 Å². The number of fused-ring (bicyclic) bond motifs is 1. The van der Waals surface area contributed by atoms with Gasteiger partial charge in [-0.05, 0) is 24.5 Å². The van der Waals surface area contributed by atoms with Gasteiger partial charge in [0.2, 0.25) is 6.29 Å². The van der Waals surface area contributed by atoms with Crippen molar-refractivity contribution in [3.63, 3.8) is 0 Å². The van der Waals surface area contributed by atoms with E-state index in [0.29, 0.717) is 17.7 Å². The van der Waals surface area contributed by atoms with Crippen molar-refractivity contribution in [1.29, 1.82) is 0 Å². The van der Waals surface area contributed by atoms with Gasteiger partial charge in [-0.15, -0.1) is 0 Å². The predicted octanol–water partition coefficient (Wildman–Crippen LogP) is 1.84. The maximum Gasteiger partial charge on any atom is 0.320 e. The van der Waals surface area contributed by atoms with Gasteiger partial charge in [0.15, 0.2) is 0 Å². The van der Waals surface area contributed by atoms with E-state index in [0.717, 1.165) is 4.90 Å². The standard InChI is InChI=1S/C13H17F2N3O3/c1-20-12(21-2)8-5-3-7-4-6-9(10(14)15)18(13(16)19)11(7)17-8/h3,5,9-10,12H,4,6H2,1-2H3,(H2,16,19). The van der Waals surface area contributed by atoms with E-state index in [1.165, 1.54) is 14.2 Å². The molecule has 0 aliphatic carbocycles. The molecule has 0 aromatic carbocycles. The van der Waals surface area contributed by atoms with Crippen molar-refractivity contribution in [3.05, 3.63) is 23.4 Å². The van der Waals surface area contributed by atoms with E-state index in [9.17, 15) is 13.6 Å². The highest BCUT2D eigenvalue weighted by Crippen LogP contribution is 2.33. The quantitative estimate of drug-likeness (QED) is 0.861. The zero-order valence-corrected chi connectivity index (χ0v) is 11.8. The molecule has 1 unspecified atom stereocenters. The SMILES string of the molecule is COC(OC)c1ccc2c(n1)N(C(N)=O)C(C(F)F)CC2. The highest BCUT2D eigenvalue weighted by Gasteiger charge is 2.37. The number of rotatable bonds is 4. The van der Waals surface area contributed by atoms with Gasteiger partial charge in [0.25, 0.3) is 6.43 Å². The number of urea groups is 1. The number of primary amides is 1. The van der Waals surface area contributed by atoms with Gasteiger partial charge in [0, 0.05) is 14.2 Å². The summed E-state index contributed by atoms with van der Waals surface area (Å²) >= 11 is 0. The van der Waals surface area contributed by atoms with Gasteiger partial charge in [-0.2, -0.15) is 0 Å². The first kappa shape index (κ1) is 15.6. The number of alkyl halides is 2. The first-order valence-electron chi connectivity index (χ1n) is 6.41. The minimum atomic E-state index is -2.68. The summed E-state index contributed by atoms with van der Waals surface area (Å²) in [6, 6.07) is 1.19. The first-order valence-corrected chi connectivity index (χ1v) is 6.41. The van der Waals surface area contributed by atoms with E-state index < -0.39 is 24.8 Å². The molecule has 1 aromatic rings. The van der Waals surface area contributed by atoms with Crippen molar-refractivity contribution in [2.75, 3.05) is 19.1 Å². The summed E-state index contributed by atoms with van der Waals surface area (Å²) in [5.41, 5.74) is 6.34. The van der Waals surface area contributed by atoms with E-state index >= 15 is 0 Å². The topological polar surface area (TPSA) is 77.7 Å². The molecule has 2 heterocycles. The molecule has 0 saturated heterocycles. The molecule has 8 heteroatoms. The molecule has 6 nitrogen and oxygen atoms in total. The smallest absolute Gasteiger partial charge is 0.320 e. The number of halogens is 2. The third kappa shape index (κ3) is 2.96. The van der Waals surface area contributed by atoms with Crippen molar-refractivity contribution in [1.82, 2.24) is 4.98 Å². The molecule has 21 heavy (non-hydrogen) atoms. The fourth-order valence-electron chi connectivity index (χ4n) is 2.46. The van der Waals surface area contributed by atoms with Gasteiger partial charge in [0.05, 0.1) is 5.69 Å². The van der Waals surface area contributed by atoms with Crippen LogP contribution in [0.4, 0.5) is 19.4 Å². The third-order valence-corrected chi connectivity index (χ3v) is 3.44. The fraction of sp³-hybridized carbons (Fsp3) is 0.538. The number of carbonyl (C=O) groups is 1. The summed E-state index contributed by atoms with van der Waals surface area (Å²) in [5, 5.41) is 0. The average Bonchev–Trinajstić information content (AvgIpc) is 2.46. The summed E-state index contributed by atoms with van der Waals surface area (Å²) < 4.78 is 36.3. The molecule has 2 amide bonds. The summed E-state index contributed by atoms with van der Waals surface area (Å²) in [7, 11) is 2.87. The molecule has 2 N–H and O–H groups in total. The lowest BCUT2D eigenvalue weighted by molar-refractivity contribution is -0.108. The molecular weight excluding hydrogens is 284 g/mol. The number of pyridine rings is 1. The fourth-order valence-corrected chi connectivity index (χ4v) is 2.46. The maximum absolute atomic E-state index is 13.1. The number of ether oxygens (including phenoxy) is 2. The molecule has 0 spiro atoms. The Morgan fingerprint density at radius 1 is 1.43 bits per heavy atom. The Kier molecular flexibility index (Phi) is 4.69. The lowest BCUT2D eigenvalue weighted by atomic mass is 9.98. The Morgan fingerprint density at radius 3 is 2.62 bits per heavy atom. The van der Waals surface area contributed by atoms with Crippen LogP contribution in [0.3, 0.4) is 0 Å². The normalized spacial score (nSPS) is 18.2. The predicted molar refractivity (Wildman–Crippen MR) is 71.2 cm³/mol. The number of hydrogen-bond acceptors (Lipinski definition) is 4. The highest BCUT2D eigenvalue weighted by atomic mass is 19.3. The summed E-state index contributed by atoms with van der Waals surface area (Å²) in [4.78, 5) is 16.7. The second-order valence-electron chi connectivity index (χ2n) is 4.67. The number of aromatic nitrogens is 1. The molecule has 0 bridgehead atoms. The van der Waals surface area contributed by atoms with E-state index in [1.807, 2.05) is 0 Å². The molecular formula is C13H17F2N3O3. The van der Waals surface area contributed by atoms with E-state index in [1.54, 1.807) is 12.1 Å². The molecule has 1 aliphatic rings. The number of nitrogens with zero attached hydrogens (tertiary/aromatic N) is 2. The Labute approximate surface area is 120 Å². The Hall–Kier alpha value is -1.80. The molecule has 1 aliphatic heterocycles. The third-order valence-electron chi connectivity index (χ3n) is 3.44. The van der Waals surface area contributed by atoms with Crippen LogP contribution in [-0.2, 0) is 15.9 Å². The Morgan fingerprint density at radius 2 is 2.10 bits per heavy atom. The van der Waals surface area contributed by atoms with Crippen LogP contribution in [-0.4, -0.2) is 37.7 Å². The molecule has 116 valence electrons. The number of carbonyl (C=O) groups excluding carboxylic acids is 1. The number of methoxy groups -OCH3 is 2. The summed E-state index contributed by atoms with van der Waals surface area (Å²) in [5.74, 6) is 0.149. The van der Waals surface area contributed by atoms with Crippen molar-refractivity contribution < 1.29 is 23.0 Å². The minimum Gasteiger partial charge on any atom is -0.351 e. The lowest BCUT2D eigenvalue weighted by Crippen LogP contribution is -2.50. The Balaban J connectivity index is 2.46. The highest BCUT2D eigenvalue weighted by molar-refractivity contribution is 5.91. The van der Waals surface area contributed by atoms with Crippen LogP contribution in [0, 0.1) is 0 Å². The van der Waals surface area contributed by atoms with Gasteiger partial charge in [-0.3, -0.25) is 4.90 Å². The zero-order chi connectivity index (χ0) is 15.6. The second-order valence-corrected chi connectivity index (χ2v) is 4.67. The van der Waals surface area contributed by atoms with Crippen LogP contribution in [0.1, 0.15) is 24.0 Å². The van der Waals surface area contributed by atoms with Gasteiger partial charge in [0.1, 0.15) is 11.9 Å². The lowest BCUT2D eigenvalue weighted by Gasteiger charge is -2.34. The zero-order valence-electron chi connectivity index (χ0n) is 11.8. The molecule has 2 rings (SSSR count). The second kappa shape index (κ2) is 6.31. The van der Waals surface area contributed by atoms with Crippen molar-refractivity contribution in [2.24, 2.45) is 5.73 Å². The van der Waals surface area contributed by atoms with Gasteiger partial charge < -0.3 is 15.2 Å². The maximum atomic E-state index is 13.1. The molecule has 0 saturated carbocycles. The van der Waals surface area contributed by atoms with E-state index in [-0.39, 0.29) is 12.2 Å².